The Bertz CT molecular complexity index is 979. The Morgan fingerprint density at radius 2 is 1.73 bits per heavy atom. The van der Waals surface area contributed by atoms with Gasteiger partial charge in [-0.15, -0.1) is 0 Å². The molecule has 0 spiro atoms. The minimum atomic E-state index is -5.10. The van der Waals surface area contributed by atoms with Gasteiger partial charge in [-0.25, -0.2) is 4.79 Å². The summed E-state index contributed by atoms with van der Waals surface area (Å²) in [5, 5.41) is 0. The fourth-order valence-corrected chi connectivity index (χ4v) is 4.76. The fourth-order valence-electron chi connectivity index (χ4n) is 4.76. The van der Waals surface area contributed by atoms with Crippen LogP contribution in [0.25, 0.3) is 0 Å². The van der Waals surface area contributed by atoms with Crippen LogP contribution in [0.5, 0.6) is 0 Å². The van der Waals surface area contributed by atoms with Gasteiger partial charge >= 0.3 is 18.1 Å². The number of ether oxygens (including phenoxy) is 1. The molecular formula is C22H21F3N2O3. The molecule has 3 atom stereocenters. The molecule has 30 heavy (non-hydrogen) atoms. The number of fused-ring (bicyclic) bond motifs is 3. The lowest BCUT2D eigenvalue weighted by molar-refractivity contribution is -0.191. The molecule has 158 valence electrons. The van der Waals surface area contributed by atoms with Gasteiger partial charge in [-0.3, -0.25) is 9.69 Å². The van der Waals surface area contributed by atoms with Gasteiger partial charge in [0.2, 0.25) is 0 Å². The van der Waals surface area contributed by atoms with Gasteiger partial charge < -0.3 is 9.64 Å². The lowest BCUT2D eigenvalue weighted by Crippen LogP contribution is -2.56. The summed E-state index contributed by atoms with van der Waals surface area (Å²) in [7, 11) is 1.64. The highest BCUT2D eigenvalue weighted by atomic mass is 19.4. The molecule has 2 aliphatic heterocycles. The molecule has 8 heteroatoms. The number of anilines is 1. The number of halogens is 3. The molecule has 0 radical (unpaired) electrons. The zero-order chi connectivity index (χ0) is 21.7. The number of rotatable bonds is 3. The molecule has 2 aliphatic rings. The van der Waals surface area contributed by atoms with Gasteiger partial charge in [-0.05, 0) is 23.6 Å². The normalized spacial score (nSPS) is 25.1. The number of para-hydroxylation sites is 1. The Kier molecular flexibility index (Phi) is 4.75. The first-order valence-corrected chi connectivity index (χ1v) is 9.57. The van der Waals surface area contributed by atoms with E-state index in [0.29, 0.717) is 10.5 Å². The smallest absolute Gasteiger partial charge is 0.459 e. The van der Waals surface area contributed by atoms with Gasteiger partial charge in [0.1, 0.15) is 18.8 Å². The third-order valence-electron chi connectivity index (χ3n) is 6.03. The minimum Gasteiger partial charge on any atom is -0.459 e. The van der Waals surface area contributed by atoms with E-state index in [-0.39, 0.29) is 13.0 Å². The topological polar surface area (TPSA) is 49.9 Å². The lowest BCUT2D eigenvalue weighted by atomic mass is 9.80. The van der Waals surface area contributed by atoms with Crippen molar-refractivity contribution in [1.82, 2.24) is 4.90 Å². The Labute approximate surface area is 172 Å². The number of likely N-dealkylation sites (N-methyl/N-ethyl adjacent to an activating group) is 1. The maximum absolute atomic E-state index is 13.5. The van der Waals surface area contributed by atoms with Crippen molar-refractivity contribution < 1.29 is 27.5 Å². The molecule has 2 aromatic rings. The minimum absolute atomic E-state index is 0.0501. The summed E-state index contributed by atoms with van der Waals surface area (Å²) in [6, 6.07) is 14.8. The van der Waals surface area contributed by atoms with E-state index in [1.807, 2.05) is 6.07 Å². The molecule has 0 aliphatic carbocycles. The number of benzene rings is 2. The quantitative estimate of drug-likeness (QED) is 0.715. The number of carbonyl (C=O) groups excluding carboxylic acids is 2. The number of hydrogen-bond acceptors (Lipinski definition) is 4. The second-order valence-electron chi connectivity index (χ2n) is 7.94. The summed E-state index contributed by atoms with van der Waals surface area (Å²) in [6.07, 6.45) is -5.98. The van der Waals surface area contributed by atoms with Crippen LogP contribution in [0, 0.1) is 0 Å². The number of hydrogen-bond donors (Lipinski definition) is 0. The summed E-state index contributed by atoms with van der Waals surface area (Å²) < 4.78 is 45.7. The van der Waals surface area contributed by atoms with Crippen LogP contribution in [0.4, 0.5) is 18.9 Å². The maximum atomic E-state index is 13.5. The van der Waals surface area contributed by atoms with Crippen LogP contribution in [0.1, 0.15) is 24.5 Å². The van der Waals surface area contributed by atoms with E-state index in [0.717, 1.165) is 11.3 Å². The lowest BCUT2D eigenvalue weighted by Gasteiger charge is -2.36. The Balaban J connectivity index is 1.68. The van der Waals surface area contributed by atoms with Crippen LogP contribution in [0.2, 0.25) is 0 Å². The van der Waals surface area contributed by atoms with Gasteiger partial charge in [0.15, 0.2) is 0 Å². The van der Waals surface area contributed by atoms with E-state index >= 15 is 0 Å². The molecule has 0 saturated carbocycles. The van der Waals surface area contributed by atoms with E-state index < -0.39 is 35.7 Å². The molecule has 0 bridgehead atoms. The number of carbonyl (C=O) groups is 2. The molecular weight excluding hydrogens is 397 g/mol. The largest absolute Gasteiger partial charge is 0.471 e. The molecule has 0 unspecified atom stereocenters. The molecule has 1 amide bonds. The average molecular weight is 418 g/mol. The average Bonchev–Trinajstić information content (AvgIpc) is 3.15. The Hall–Kier alpha value is -3.03. The third kappa shape index (κ3) is 3.11. The SMILES string of the molecule is CN1c2ccccc2[C@]2(C)C[C@@H](C(=O)OCc3ccccc3)N(C(=O)C(F)(F)F)[C@H]12. The molecule has 1 fully saturated rings. The highest BCUT2D eigenvalue weighted by Crippen LogP contribution is 2.54. The third-order valence-corrected chi connectivity index (χ3v) is 6.03. The first kappa shape index (κ1) is 20.3. The number of esters is 1. The zero-order valence-electron chi connectivity index (χ0n) is 16.5. The predicted molar refractivity (Wildman–Crippen MR) is 104 cm³/mol. The molecule has 4 rings (SSSR count). The number of alkyl halides is 3. The van der Waals surface area contributed by atoms with Gasteiger partial charge in [0.25, 0.3) is 0 Å². The van der Waals surface area contributed by atoms with Crippen molar-refractivity contribution >= 4 is 17.6 Å². The van der Waals surface area contributed by atoms with E-state index in [4.69, 9.17) is 4.74 Å². The monoisotopic (exact) mass is 418 g/mol. The van der Waals surface area contributed by atoms with Gasteiger partial charge in [-0.1, -0.05) is 55.5 Å². The maximum Gasteiger partial charge on any atom is 0.471 e. The number of nitrogens with zero attached hydrogens (tertiary/aromatic N) is 2. The molecule has 0 N–H and O–H groups in total. The molecule has 2 heterocycles. The van der Waals surface area contributed by atoms with E-state index in [1.165, 1.54) is 0 Å². The second kappa shape index (κ2) is 7.04. The van der Waals surface area contributed by atoms with Crippen molar-refractivity contribution in [2.45, 2.75) is 43.8 Å². The number of likely N-dealkylation sites (tertiary alicyclic amines) is 1. The Morgan fingerprint density at radius 3 is 2.40 bits per heavy atom. The van der Waals surface area contributed by atoms with Crippen molar-refractivity contribution in [3.05, 3.63) is 65.7 Å². The van der Waals surface area contributed by atoms with E-state index in [1.54, 1.807) is 67.4 Å². The van der Waals surface area contributed by atoms with Crippen molar-refractivity contribution in [2.75, 3.05) is 11.9 Å². The fraction of sp³-hybridized carbons (Fsp3) is 0.364. The standard InChI is InChI=1S/C22H21F3N2O3/c1-21-12-17(18(28)30-13-14-8-4-3-5-9-14)27(20(29)22(23,24)25)19(21)26(2)16-11-7-6-10-15(16)21/h3-11,17,19H,12-13H2,1-2H3/t17-,19-,21-/m0/s1. The molecule has 0 aromatic heterocycles. The summed E-state index contributed by atoms with van der Waals surface area (Å²) in [5.74, 6) is -2.87. The van der Waals surface area contributed by atoms with Crippen molar-refractivity contribution in [1.29, 1.82) is 0 Å². The van der Waals surface area contributed by atoms with Crippen LogP contribution >= 0.6 is 0 Å². The van der Waals surface area contributed by atoms with Crippen molar-refractivity contribution in [3.8, 4) is 0 Å². The van der Waals surface area contributed by atoms with Crippen LogP contribution < -0.4 is 4.90 Å². The van der Waals surface area contributed by atoms with Crippen LogP contribution in [-0.4, -0.2) is 42.2 Å². The predicted octanol–water partition coefficient (Wildman–Crippen LogP) is 3.63. The van der Waals surface area contributed by atoms with Gasteiger partial charge in [0, 0.05) is 18.2 Å². The van der Waals surface area contributed by atoms with Crippen molar-refractivity contribution in [2.24, 2.45) is 0 Å². The summed E-state index contributed by atoms with van der Waals surface area (Å²) >= 11 is 0. The van der Waals surface area contributed by atoms with Crippen LogP contribution in [-0.2, 0) is 26.3 Å². The Morgan fingerprint density at radius 1 is 1.10 bits per heavy atom. The molecule has 5 nitrogen and oxygen atoms in total. The van der Waals surface area contributed by atoms with Gasteiger partial charge in [0.05, 0.1) is 0 Å². The molecule has 1 saturated heterocycles. The van der Waals surface area contributed by atoms with Gasteiger partial charge in [-0.2, -0.15) is 13.2 Å². The summed E-state index contributed by atoms with van der Waals surface area (Å²) in [6.45, 7) is 1.72. The van der Waals surface area contributed by atoms with E-state index in [2.05, 4.69) is 0 Å². The van der Waals surface area contributed by atoms with E-state index in [9.17, 15) is 22.8 Å². The van der Waals surface area contributed by atoms with Crippen molar-refractivity contribution in [3.63, 3.8) is 0 Å². The first-order valence-electron chi connectivity index (χ1n) is 9.57. The number of amides is 1. The highest BCUT2D eigenvalue weighted by molar-refractivity contribution is 5.90. The summed E-state index contributed by atoms with van der Waals surface area (Å²) in [5.41, 5.74) is 1.45. The van der Waals surface area contributed by atoms with Crippen LogP contribution in [0.3, 0.4) is 0 Å². The first-order chi connectivity index (χ1) is 14.1. The molecule has 2 aromatic carbocycles. The zero-order valence-corrected chi connectivity index (χ0v) is 16.5. The second-order valence-corrected chi connectivity index (χ2v) is 7.94. The summed E-state index contributed by atoms with van der Waals surface area (Å²) in [4.78, 5) is 27.6. The van der Waals surface area contributed by atoms with Crippen LogP contribution in [0.15, 0.2) is 54.6 Å². The highest BCUT2D eigenvalue weighted by Gasteiger charge is 2.63.